The maximum atomic E-state index is 13.4. The number of sulfonamides is 1. The molecule has 10 heteroatoms. The SMILES string of the molecule is Cc1ccc(NC(=O)C2CCN(S(=O)(=O)c3cc(-c4noc(C5CCC5)n4)sc3C)CC2)c(C)c1. The Morgan fingerprint density at radius 2 is 1.86 bits per heavy atom. The van der Waals surface area contributed by atoms with Gasteiger partial charge in [0.1, 0.15) is 0 Å². The lowest BCUT2D eigenvalue weighted by molar-refractivity contribution is -0.120. The Balaban J connectivity index is 1.25. The fourth-order valence-electron chi connectivity index (χ4n) is 4.67. The van der Waals surface area contributed by atoms with Crippen LogP contribution >= 0.6 is 11.3 Å². The van der Waals surface area contributed by atoms with Crippen molar-refractivity contribution in [3.63, 3.8) is 0 Å². The summed E-state index contributed by atoms with van der Waals surface area (Å²) in [7, 11) is -3.68. The van der Waals surface area contributed by atoms with Crippen LogP contribution in [0.1, 0.15) is 59.9 Å². The molecule has 186 valence electrons. The van der Waals surface area contributed by atoms with Crippen molar-refractivity contribution >= 4 is 33.0 Å². The molecule has 1 N–H and O–H groups in total. The summed E-state index contributed by atoms with van der Waals surface area (Å²) in [6.07, 6.45) is 4.27. The molecule has 1 amide bonds. The van der Waals surface area contributed by atoms with E-state index in [2.05, 4.69) is 15.5 Å². The molecule has 2 fully saturated rings. The van der Waals surface area contributed by atoms with Crippen molar-refractivity contribution in [3.05, 3.63) is 46.2 Å². The van der Waals surface area contributed by atoms with Gasteiger partial charge in [0.05, 0.1) is 9.77 Å². The van der Waals surface area contributed by atoms with Gasteiger partial charge in [-0.1, -0.05) is 29.3 Å². The highest BCUT2D eigenvalue weighted by Gasteiger charge is 2.34. The summed E-state index contributed by atoms with van der Waals surface area (Å²) in [4.78, 5) is 19.0. The predicted molar refractivity (Wildman–Crippen MR) is 135 cm³/mol. The number of nitrogens with zero attached hydrogens (tertiary/aromatic N) is 3. The quantitative estimate of drug-likeness (QED) is 0.495. The molecule has 1 saturated heterocycles. The van der Waals surface area contributed by atoms with Gasteiger partial charge in [-0.25, -0.2) is 8.42 Å². The van der Waals surface area contributed by atoms with Gasteiger partial charge in [-0.2, -0.15) is 9.29 Å². The standard InChI is InChI=1S/C25H30N4O4S2/c1-15-7-8-20(16(2)13-15)26-24(30)18-9-11-29(12-10-18)35(31,32)22-14-21(34-17(22)3)23-27-25(33-28-23)19-5-4-6-19/h7-8,13-14,18-19H,4-6,9-12H2,1-3H3,(H,26,30). The molecule has 8 nitrogen and oxygen atoms in total. The number of rotatable bonds is 6. The van der Waals surface area contributed by atoms with Crippen LogP contribution < -0.4 is 5.32 Å². The fraction of sp³-hybridized carbons (Fsp3) is 0.480. The van der Waals surface area contributed by atoms with E-state index in [-0.39, 0.29) is 16.7 Å². The number of carbonyl (C=O) groups is 1. The molecule has 3 aromatic rings. The first-order valence-corrected chi connectivity index (χ1v) is 14.3. The van der Waals surface area contributed by atoms with E-state index in [1.54, 1.807) is 13.0 Å². The molecular formula is C25H30N4O4S2. The number of hydrogen-bond acceptors (Lipinski definition) is 7. The number of nitrogens with one attached hydrogen (secondary N) is 1. The summed E-state index contributed by atoms with van der Waals surface area (Å²) in [6.45, 7) is 6.41. The van der Waals surface area contributed by atoms with Gasteiger partial charge in [0.2, 0.25) is 27.6 Å². The average molecular weight is 515 g/mol. The summed E-state index contributed by atoms with van der Waals surface area (Å²) < 4.78 is 33.8. The highest BCUT2D eigenvalue weighted by Crippen LogP contribution is 2.38. The van der Waals surface area contributed by atoms with Crippen LogP contribution in [0.25, 0.3) is 10.7 Å². The van der Waals surface area contributed by atoms with Gasteiger partial charge in [0.25, 0.3) is 0 Å². The second-order valence-electron chi connectivity index (χ2n) is 9.60. The van der Waals surface area contributed by atoms with Gasteiger partial charge in [-0.05, 0) is 64.2 Å². The minimum Gasteiger partial charge on any atom is -0.339 e. The normalized spacial score (nSPS) is 17.9. The topological polar surface area (TPSA) is 105 Å². The van der Waals surface area contributed by atoms with Crippen LogP contribution in [0.4, 0.5) is 5.69 Å². The minimum atomic E-state index is -3.68. The van der Waals surface area contributed by atoms with Gasteiger partial charge >= 0.3 is 0 Å². The number of amides is 1. The van der Waals surface area contributed by atoms with E-state index < -0.39 is 10.0 Å². The van der Waals surface area contributed by atoms with Crippen LogP contribution in [0, 0.1) is 26.7 Å². The first kappa shape index (κ1) is 24.1. The monoisotopic (exact) mass is 514 g/mol. The van der Waals surface area contributed by atoms with Crippen LogP contribution in [-0.2, 0) is 14.8 Å². The summed E-state index contributed by atoms with van der Waals surface area (Å²) in [5.41, 5.74) is 2.96. The highest BCUT2D eigenvalue weighted by molar-refractivity contribution is 7.89. The number of aryl methyl sites for hydroxylation is 3. The molecule has 0 unspecified atom stereocenters. The molecule has 2 aliphatic rings. The summed E-state index contributed by atoms with van der Waals surface area (Å²) in [5.74, 6) is 1.15. The fourth-order valence-corrected chi connectivity index (χ4v) is 7.63. The van der Waals surface area contributed by atoms with E-state index in [0.717, 1.165) is 29.7 Å². The molecule has 3 heterocycles. The third-order valence-corrected chi connectivity index (χ3v) is 10.3. The van der Waals surface area contributed by atoms with Crippen molar-refractivity contribution in [1.82, 2.24) is 14.4 Å². The molecule has 0 spiro atoms. The third kappa shape index (κ3) is 4.79. The van der Waals surface area contributed by atoms with Gasteiger partial charge in [-0.3, -0.25) is 4.79 Å². The molecule has 0 bridgehead atoms. The molecule has 0 atom stereocenters. The molecule has 1 aliphatic carbocycles. The van der Waals surface area contributed by atoms with Crippen molar-refractivity contribution in [2.75, 3.05) is 18.4 Å². The summed E-state index contributed by atoms with van der Waals surface area (Å²) >= 11 is 1.36. The lowest BCUT2D eigenvalue weighted by Crippen LogP contribution is -2.41. The van der Waals surface area contributed by atoms with E-state index in [4.69, 9.17) is 4.52 Å². The molecule has 1 saturated carbocycles. The lowest BCUT2D eigenvalue weighted by Gasteiger charge is -2.30. The number of piperidine rings is 1. The maximum Gasteiger partial charge on any atom is 0.244 e. The Bertz CT molecular complexity index is 1350. The van der Waals surface area contributed by atoms with Crippen molar-refractivity contribution in [1.29, 1.82) is 0 Å². The zero-order valence-corrected chi connectivity index (χ0v) is 21.8. The smallest absolute Gasteiger partial charge is 0.244 e. The molecule has 0 radical (unpaired) electrons. The van der Waals surface area contributed by atoms with Gasteiger partial charge in [0.15, 0.2) is 0 Å². The van der Waals surface area contributed by atoms with Crippen LogP contribution in [0.2, 0.25) is 0 Å². The van der Waals surface area contributed by atoms with E-state index in [1.165, 1.54) is 22.1 Å². The Morgan fingerprint density at radius 3 is 2.51 bits per heavy atom. The Labute approximate surface area is 209 Å². The van der Waals surface area contributed by atoms with E-state index in [9.17, 15) is 13.2 Å². The van der Waals surface area contributed by atoms with Gasteiger partial charge in [-0.15, -0.1) is 11.3 Å². The zero-order valence-electron chi connectivity index (χ0n) is 20.2. The number of anilines is 1. The highest BCUT2D eigenvalue weighted by atomic mass is 32.2. The maximum absolute atomic E-state index is 13.4. The average Bonchev–Trinajstić information content (AvgIpc) is 3.42. The molecule has 2 aromatic heterocycles. The van der Waals surface area contributed by atoms with E-state index in [1.807, 2.05) is 32.0 Å². The Kier molecular flexibility index (Phi) is 6.54. The van der Waals surface area contributed by atoms with Crippen molar-refractivity contribution in [3.8, 4) is 10.7 Å². The number of hydrogen-bond donors (Lipinski definition) is 1. The second kappa shape index (κ2) is 9.48. The van der Waals surface area contributed by atoms with Gasteiger partial charge in [0, 0.05) is 35.5 Å². The van der Waals surface area contributed by atoms with Crippen molar-refractivity contribution in [2.24, 2.45) is 5.92 Å². The van der Waals surface area contributed by atoms with Crippen LogP contribution in [0.15, 0.2) is 33.7 Å². The van der Waals surface area contributed by atoms with Crippen molar-refractivity contribution in [2.45, 2.75) is 63.7 Å². The molecular weight excluding hydrogens is 484 g/mol. The van der Waals surface area contributed by atoms with Gasteiger partial charge < -0.3 is 9.84 Å². The van der Waals surface area contributed by atoms with E-state index >= 15 is 0 Å². The summed E-state index contributed by atoms with van der Waals surface area (Å²) in [6, 6.07) is 7.57. The zero-order chi connectivity index (χ0) is 24.7. The van der Waals surface area contributed by atoms with Crippen LogP contribution in [-0.4, -0.2) is 41.9 Å². The second-order valence-corrected chi connectivity index (χ2v) is 12.8. The molecule has 35 heavy (non-hydrogen) atoms. The Morgan fingerprint density at radius 1 is 1.11 bits per heavy atom. The van der Waals surface area contributed by atoms with E-state index in [0.29, 0.717) is 53.3 Å². The third-order valence-electron chi connectivity index (χ3n) is 7.07. The van der Waals surface area contributed by atoms with Crippen LogP contribution in [0.5, 0.6) is 0 Å². The molecule has 1 aromatic carbocycles. The number of benzene rings is 1. The molecule has 5 rings (SSSR count). The first-order chi connectivity index (χ1) is 16.7. The molecule has 1 aliphatic heterocycles. The first-order valence-electron chi connectivity index (χ1n) is 12.0. The minimum absolute atomic E-state index is 0.0534. The summed E-state index contributed by atoms with van der Waals surface area (Å²) in [5, 5.41) is 7.10. The largest absolute Gasteiger partial charge is 0.339 e. The number of aromatic nitrogens is 2. The number of carbonyl (C=O) groups excluding carboxylic acids is 1. The number of thiophene rings is 1. The lowest BCUT2D eigenvalue weighted by atomic mass is 9.85. The predicted octanol–water partition coefficient (Wildman–Crippen LogP) is 5.03. The van der Waals surface area contributed by atoms with Crippen LogP contribution in [0.3, 0.4) is 0 Å². The Hall–Kier alpha value is -2.56. The van der Waals surface area contributed by atoms with Crippen molar-refractivity contribution < 1.29 is 17.7 Å².